The fraction of sp³-hybridized carbons (Fsp3) is 0.667. The van der Waals surface area contributed by atoms with Crippen LogP contribution in [0.2, 0.25) is 0 Å². The molecule has 0 spiro atoms. The lowest BCUT2D eigenvalue weighted by Crippen LogP contribution is -2.46. The zero-order valence-electron chi connectivity index (χ0n) is 16.3. The average Bonchev–Trinajstić information content (AvgIpc) is 2.58. The van der Waals surface area contributed by atoms with E-state index in [4.69, 9.17) is 0 Å². The topological polar surface area (TPSA) is 32.3 Å². The number of aryl methyl sites for hydroxylation is 1. The molecule has 1 heterocycles. The molecule has 0 atom stereocenters. The van der Waals surface area contributed by atoms with E-state index in [-0.39, 0.29) is 17.8 Å². The van der Waals surface area contributed by atoms with Crippen molar-refractivity contribution in [2.24, 2.45) is 0 Å². The highest BCUT2D eigenvalue weighted by Gasteiger charge is 2.24. The molecule has 1 saturated heterocycles. The van der Waals surface area contributed by atoms with Crippen molar-refractivity contribution in [3.63, 3.8) is 0 Å². The predicted octanol–water partition coefficient (Wildman–Crippen LogP) is 4.33. The van der Waals surface area contributed by atoms with Crippen LogP contribution in [0.5, 0.6) is 0 Å². The van der Waals surface area contributed by atoms with Gasteiger partial charge in [-0.1, -0.05) is 52.0 Å². The van der Waals surface area contributed by atoms with Crippen molar-refractivity contribution >= 4 is 18.3 Å². The summed E-state index contributed by atoms with van der Waals surface area (Å²) in [6.07, 6.45) is 4.68. The minimum atomic E-state index is 0. The summed E-state index contributed by atoms with van der Waals surface area (Å²) in [4.78, 5) is 14.9. The van der Waals surface area contributed by atoms with Crippen molar-refractivity contribution in [2.45, 2.75) is 71.3 Å². The van der Waals surface area contributed by atoms with Crippen molar-refractivity contribution in [1.29, 1.82) is 0 Å². The number of nitrogens with one attached hydrogen (secondary N) is 1. The summed E-state index contributed by atoms with van der Waals surface area (Å²) in [6, 6.07) is 9.21. The van der Waals surface area contributed by atoms with Gasteiger partial charge in [-0.05, 0) is 55.3 Å². The molecule has 1 aliphatic rings. The van der Waals surface area contributed by atoms with Gasteiger partial charge in [0.15, 0.2) is 0 Å². The third-order valence-corrected chi connectivity index (χ3v) is 4.98. The lowest BCUT2D eigenvalue weighted by Gasteiger charge is -2.34. The molecule has 1 aromatic carbocycles. The Morgan fingerprint density at radius 1 is 1.16 bits per heavy atom. The molecule has 0 bridgehead atoms. The van der Waals surface area contributed by atoms with Crippen molar-refractivity contribution in [3.8, 4) is 0 Å². The van der Waals surface area contributed by atoms with E-state index in [1.807, 2.05) is 0 Å². The van der Waals surface area contributed by atoms with Crippen molar-refractivity contribution in [1.82, 2.24) is 10.2 Å². The molecule has 0 aromatic heterocycles. The summed E-state index contributed by atoms with van der Waals surface area (Å²) in [7, 11) is 0. The molecule has 1 aliphatic heterocycles. The SMILES string of the molecule is CCCN(C(=O)CCc1ccc(C(C)(C)C)cc1)C1CCNCC1.Cl. The Morgan fingerprint density at radius 3 is 2.28 bits per heavy atom. The van der Waals surface area contributed by atoms with Crippen LogP contribution < -0.4 is 5.32 Å². The average molecular weight is 367 g/mol. The minimum absolute atomic E-state index is 0. The number of halogens is 1. The predicted molar refractivity (Wildman–Crippen MR) is 109 cm³/mol. The first-order chi connectivity index (χ1) is 11.4. The molecule has 1 amide bonds. The summed E-state index contributed by atoms with van der Waals surface area (Å²) in [6.45, 7) is 11.8. The van der Waals surface area contributed by atoms with Crippen LogP contribution in [0.3, 0.4) is 0 Å². The van der Waals surface area contributed by atoms with Crippen molar-refractivity contribution in [2.75, 3.05) is 19.6 Å². The van der Waals surface area contributed by atoms with Crippen LogP contribution in [-0.4, -0.2) is 36.5 Å². The largest absolute Gasteiger partial charge is 0.340 e. The molecule has 25 heavy (non-hydrogen) atoms. The summed E-state index contributed by atoms with van der Waals surface area (Å²) in [5, 5.41) is 3.39. The van der Waals surface area contributed by atoms with E-state index in [1.54, 1.807) is 0 Å². The van der Waals surface area contributed by atoms with Gasteiger partial charge in [0, 0.05) is 19.0 Å². The molecule has 3 nitrogen and oxygen atoms in total. The number of piperidine rings is 1. The fourth-order valence-electron chi connectivity index (χ4n) is 3.44. The van der Waals surface area contributed by atoms with Crippen LogP contribution in [0.1, 0.15) is 64.5 Å². The van der Waals surface area contributed by atoms with E-state index in [2.05, 4.69) is 62.2 Å². The van der Waals surface area contributed by atoms with Crippen LogP contribution in [-0.2, 0) is 16.6 Å². The van der Waals surface area contributed by atoms with Crippen LogP contribution >= 0.6 is 12.4 Å². The normalized spacial score (nSPS) is 15.5. The summed E-state index contributed by atoms with van der Waals surface area (Å²) >= 11 is 0. The molecule has 4 heteroatoms. The lowest BCUT2D eigenvalue weighted by atomic mass is 9.86. The van der Waals surface area contributed by atoms with Gasteiger partial charge in [-0.3, -0.25) is 4.79 Å². The Hall–Kier alpha value is -1.06. The van der Waals surface area contributed by atoms with E-state index in [1.165, 1.54) is 11.1 Å². The highest BCUT2D eigenvalue weighted by molar-refractivity contribution is 5.85. The maximum Gasteiger partial charge on any atom is 0.223 e. The minimum Gasteiger partial charge on any atom is -0.340 e. The number of carbonyl (C=O) groups excluding carboxylic acids is 1. The first-order valence-electron chi connectivity index (χ1n) is 9.51. The Kier molecular flexibility index (Phi) is 8.95. The zero-order chi connectivity index (χ0) is 17.6. The van der Waals surface area contributed by atoms with E-state index < -0.39 is 0 Å². The van der Waals surface area contributed by atoms with Gasteiger partial charge >= 0.3 is 0 Å². The highest BCUT2D eigenvalue weighted by Crippen LogP contribution is 2.22. The molecule has 1 N–H and O–H groups in total. The quantitative estimate of drug-likeness (QED) is 0.812. The van der Waals surface area contributed by atoms with Gasteiger partial charge in [0.25, 0.3) is 0 Å². The Morgan fingerprint density at radius 2 is 1.76 bits per heavy atom. The second-order valence-electron chi connectivity index (χ2n) is 8.02. The van der Waals surface area contributed by atoms with Gasteiger partial charge in [-0.15, -0.1) is 12.4 Å². The number of rotatable bonds is 6. The molecule has 142 valence electrons. The standard InChI is InChI=1S/C21H34N2O.ClH/c1-5-16-23(19-12-14-22-15-13-19)20(24)11-8-17-6-9-18(10-7-17)21(2,3)4;/h6-7,9-10,19,22H,5,8,11-16H2,1-4H3;1H. The number of hydrogen-bond donors (Lipinski definition) is 1. The maximum atomic E-state index is 12.7. The highest BCUT2D eigenvalue weighted by atomic mass is 35.5. The third-order valence-electron chi connectivity index (χ3n) is 4.98. The number of nitrogens with zero attached hydrogens (tertiary/aromatic N) is 1. The van der Waals surface area contributed by atoms with Gasteiger partial charge in [0.05, 0.1) is 0 Å². The first kappa shape index (κ1) is 22.0. The maximum absolute atomic E-state index is 12.7. The lowest BCUT2D eigenvalue weighted by molar-refractivity contribution is -0.134. The number of hydrogen-bond acceptors (Lipinski definition) is 2. The Bertz CT molecular complexity index is 516. The van der Waals surface area contributed by atoms with Crippen LogP contribution in [0.4, 0.5) is 0 Å². The smallest absolute Gasteiger partial charge is 0.223 e. The molecule has 0 unspecified atom stereocenters. The molecule has 0 saturated carbocycles. The number of amides is 1. The van der Waals surface area contributed by atoms with E-state index in [9.17, 15) is 4.79 Å². The molecule has 1 aromatic rings. The van der Waals surface area contributed by atoms with Gasteiger partial charge < -0.3 is 10.2 Å². The van der Waals surface area contributed by atoms with E-state index in [0.717, 1.165) is 45.3 Å². The summed E-state index contributed by atoms with van der Waals surface area (Å²) in [5.74, 6) is 0.323. The Labute approximate surface area is 160 Å². The van der Waals surface area contributed by atoms with E-state index in [0.29, 0.717) is 18.4 Å². The molecular formula is C21H35ClN2O. The second-order valence-corrected chi connectivity index (χ2v) is 8.02. The molecule has 2 rings (SSSR count). The van der Waals surface area contributed by atoms with Crippen LogP contribution in [0.15, 0.2) is 24.3 Å². The zero-order valence-corrected chi connectivity index (χ0v) is 17.1. The van der Waals surface area contributed by atoms with E-state index >= 15 is 0 Å². The summed E-state index contributed by atoms with van der Waals surface area (Å²) < 4.78 is 0. The first-order valence-corrected chi connectivity index (χ1v) is 9.51. The molecule has 1 fully saturated rings. The van der Waals surface area contributed by atoms with Gasteiger partial charge in [-0.25, -0.2) is 0 Å². The van der Waals surface area contributed by atoms with Gasteiger partial charge in [0.2, 0.25) is 5.91 Å². The Balaban J connectivity index is 0.00000312. The molecule has 0 radical (unpaired) electrons. The summed E-state index contributed by atoms with van der Waals surface area (Å²) in [5.41, 5.74) is 2.79. The third kappa shape index (κ3) is 6.63. The van der Waals surface area contributed by atoms with Crippen LogP contribution in [0, 0.1) is 0 Å². The molecular weight excluding hydrogens is 332 g/mol. The second kappa shape index (κ2) is 10.2. The number of carbonyl (C=O) groups is 1. The van der Waals surface area contributed by atoms with Gasteiger partial charge in [0.1, 0.15) is 0 Å². The monoisotopic (exact) mass is 366 g/mol. The van der Waals surface area contributed by atoms with Crippen LogP contribution in [0.25, 0.3) is 0 Å². The fourth-order valence-corrected chi connectivity index (χ4v) is 3.44. The van der Waals surface area contributed by atoms with Crippen molar-refractivity contribution in [3.05, 3.63) is 35.4 Å². The molecule has 0 aliphatic carbocycles. The van der Waals surface area contributed by atoms with Gasteiger partial charge in [-0.2, -0.15) is 0 Å². The van der Waals surface area contributed by atoms with Crippen molar-refractivity contribution < 1.29 is 4.79 Å². The number of benzene rings is 1.